The first-order valence-electron chi connectivity index (χ1n) is 28.8. The van der Waals surface area contributed by atoms with E-state index in [1.807, 2.05) is 19.6 Å². The lowest BCUT2D eigenvalue weighted by Gasteiger charge is -2.24. The molecule has 27 heteroatoms. The second kappa shape index (κ2) is 53.3. The van der Waals surface area contributed by atoms with Gasteiger partial charge in [-0.2, -0.15) is 0 Å². The van der Waals surface area contributed by atoms with Crippen LogP contribution in [0.25, 0.3) is 0 Å². The van der Waals surface area contributed by atoms with Crippen molar-refractivity contribution in [3.63, 3.8) is 0 Å². The fourth-order valence-corrected chi connectivity index (χ4v) is 8.46. The molecule has 0 rings (SSSR count). The fraction of sp³-hybridized carbons (Fsp3) is 0.852. The van der Waals surface area contributed by atoms with Gasteiger partial charge in [-0.25, -0.2) is 0 Å². The van der Waals surface area contributed by atoms with E-state index in [4.69, 9.17) is 64.5 Å². The Kier molecular flexibility index (Phi) is 50.3. The summed E-state index contributed by atoms with van der Waals surface area (Å²) in [5.74, 6) is -7.53. The topological polar surface area (TPSA) is 364 Å². The maximum absolute atomic E-state index is 11.1. The molecule has 8 N–H and O–H groups in total. The molecule has 0 saturated carbocycles. The zero-order chi connectivity index (χ0) is 60.1. The van der Waals surface area contributed by atoms with Crippen LogP contribution in [0.2, 0.25) is 0 Å². The molecule has 0 amide bonds. The van der Waals surface area contributed by atoms with Gasteiger partial charge in [-0.1, -0.05) is 0 Å². The lowest BCUT2D eigenvalue weighted by molar-refractivity contribution is -0.139. The van der Waals surface area contributed by atoms with E-state index in [1.165, 1.54) is 0 Å². The molecule has 0 aromatic heterocycles. The monoisotopic (exact) mass is 1170 g/mol. The number of carboxylic acids is 8. The highest BCUT2D eigenvalue weighted by molar-refractivity contribution is 5.69. The molecule has 0 aliphatic rings. The third-order valence-electron chi connectivity index (χ3n) is 12.8. The van der Waals surface area contributed by atoms with Gasteiger partial charge in [0.15, 0.2) is 0 Å². The summed E-state index contributed by atoms with van der Waals surface area (Å²) in [6.45, 7) is 13.8. The van der Waals surface area contributed by atoms with Crippen molar-refractivity contribution in [1.82, 2.24) is 29.4 Å². The van der Waals surface area contributed by atoms with Gasteiger partial charge >= 0.3 is 47.8 Å². The van der Waals surface area contributed by atoms with Crippen LogP contribution in [0, 0.1) is 0 Å². The predicted molar refractivity (Wildman–Crippen MR) is 297 cm³/mol. The Morgan fingerprint density at radius 2 is 0.284 bits per heavy atom. The van der Waals surface area contributed by atoms with Crippen LogP contribution in [0.5, 0.6) is 0 Å². The number of nitrogens with zero attached hydrogens (tertiary/aromatic N) is 6. The average Bonchev–Trinajstić information content (AvgIpc) is 3.40. The summed E-state index contributed by atoms with van der Waals surface area (Å²) in [6.07, 6.45) is 6.59. The molecule has 81 heavy (non-hydrogen) atoms. The van der Waals surface area contributed by atoms with E-state index < -0.39 is 47.8 Å². The zero-order valence-electron chi connectivity index (χ0n) is 48.1. The molecular formula is C54H100N6O21. The summed E-state index contributed by atoms with van der Waals surface area (Å²) in [5.41, 5.74) is 0. The van der Waals surface area contributed by atoms with Crippen molar-refractivity contribution in [3.05, 3.63) is 0 Å². The summed E-state index contributed by atoms with van der Waals surface area (Å²) in [4.78, 5) is 101. The third-order valence-corrected chi connectivity index (χ3v) is 12.8. The number of rotatable bonds is 64. The van der Waals surface area contributed by atoms with Crippen molar-refractivity contribution in [2.45, 2.75) is 116 Å². The summed E-state index contributed by atoms with van der Waals surface area (Å²) in [7, 11) is 0. The van der Waals surface area contributed by atoms with Crippen LogP contribution >= 0.6 is 0 Å². The molecular weight excluding hydrogens is 1070 g/mol. The molecule has 472 valence electrons. The van der Waals surface area contributed by atoms with Crippen molar-refractivity contribution in [2.75, 3.05) is 184 Å². The van der Waals surface area contributed by atoms with Crippen LogP contribution in [0.15, 0.2) is 0 Å². The van der Waals surface area contributed by atoms with Gasteiger partial charge in [0.25, 0.3) is 0 Å². The first-order valence-corrected chi connectivity index (χ1v) is 28.8. The molecule has 0 unspecified atom stereocenters. The quantitative estimate of drug-likeness (QED) is 0.0406. The molecule has 0 heterocycles. The third kappa shape index (κ3) is 55.6. The Hall–Kier alpha value is -4.68. The lowest BCUT2D eigenvalue weighted by atomic mass is 10.3. The van der Waals surface area contributed by atoms with Crippen molar-refractivity contribution in [2.24, 2.45) is 0 Å². The van der Waals surface area contributed by atoms with Crippen LogP contribution in [-0.2, 0) is 62.0 Å². The van der Waals surface area contributed by atoms with E-state index >= 15 is 0 Å². The molecule has 0 saturated heterocycles. The predicted octanol–water partition coefficient (Wildman–Crippen LogP) is 2.58. The maximum Gasteiger partial charge on any atom is 0.304 e. The standard InChI is InChI=1S/C54H100N6O21/c61-47(62)11-29-57(30-12-48(63)64)25-7-43-78-39-3-21-55(22-4-40-79-44-8-26-58(31-13-49(65)66)32-14-50(67)68)19-1-37-77-38-2-20-56(23-5-41-80-45-9-27-59(33-15-51(69)70)34-16-52(71)72)24-6-42-81-46-10-28-60(35-17-53(73)74)36-18-54(75)76/h1-46H2,(H,61,62)(H,63,64)(H,65,66)(H,67,68)(H,69,70)(H,71,72)(H,73,74)(H,75,76). The van der Waals surface area contributed by atoms with Gasteiger partial charge in [0.2, 0.25) is 0 Å². The summed E-state index contributed by atoms with van der Waals surface area (Å²) in [5, 5.41) is 72.6. The molecule has 0 atom stereocenters. The van der Waals surface area contributed by atoms with Gasteiger partial charge in [0.05, 0.1) is 51.4 Å². The van der Waals surface area contributed by atoms with Gasteiger partial charge in [-0.3, -0.25) is 38.4 Å². The van der Waals surface area contributed by atoms with Crippen molar-refractivity contribution in [1.29, 1.82) is 0 Å². The highest BCUT2D eigenvalue weighted by atomic mass is 16.5. The van der Waals surface area contributed by atoms with Gasteiger partial charge in [0, 0.05) is 184 Å². The van der Waals surface area contributed by atoms with Crippen molar-refractivity contribution >= 4 is 47.8 Å². The van der Waals surface area contributed by atoms with E-state index in [2.05, 4.69) is 9.80 Å². The number of aliphatic carboxylic acids is 8. The van der Waals surface area contributed by atoms with E-state index in [0.29, 0.717) is 118 Å². The minimum Gasteiger partial charge on any atom is -0.481 e. The minimum atomic E-state index is -0.941. The van der Waals surface area contributed by atoms with Crippen LogP contribution in [0.3, 0.4) is 0 Å². The van der Waals surface area contributed by atoms with E-state index in [0.717, 1.165) is 77.8 Å². The molecule has 0 bridgehead atoms. The number of carboxylic acid groups (broad SMARTS) is 8. The zero-order valence-corrected chi connectivity index (χ0v) is 48.1. The Balaban J connectivity index is 5.27. The summed E-state index contributed by atoms with van der Waals surface area (Å²) < 4.78 is 29.7. The first-order chi connectivity index (χ1) is 38.9. The molecule has 27 nitrogen and oxygen atoms in total. The molecule has 0 fully saturated rings. The lowest BCUT2D eigenvalue weighted by Crippen LogP contribution is -2.31. The molecule has 0 aliphatic heterocycles. The van der Waals surface area contributed by atoms with Crippen LogP contribution in [0.4, 0.5) is 0 Å². The fourth-order valence-electron chi connectivity index (χ4n) is 8.46. The highest BCUT2D eigenvalue weighted by Gasteiger charge is 2.15. The van der Waals surface area contributed by atoms with Crippen LogP contribution < -0.4 is 0 Å². The van der Waals surface area contributed by atoms with Crippen molar-refractivity contribution < 1.29 is 103 Å². The van der Waals surface area contributed by atoms with E-state index in [-0.39, 0.29) is 104 Å². The molecule has 0 aromatic rings. The second-order valence-electron chi connectivity index (χ2n) is 19.8. The number of hydrogen-bond acceptors (Lipinski definition) is 19. The molecule has 0 aliphatic carbocycles. The maximum atomic E-state index is 11.1. The Labute approximate surface area is 478 Å². The van der Waals surface area contributed by atoms with E-state index in [1.54, 1.807) is 0 Å². The van der Waals surface area contributed by atoms with Crippen LogP contribution in [-0.4, -0.2) is 302 Å². The van der Waals surface area contributed by atoms with E-state index in [9.17, 15) is 38.4 Å². The van der Waals surface area contributed by atoms with Crippen LogP contribution in [0.1, 0.15) is 116 Å². The normalized spacial score (nSPS) is 11.7. The molecule has 0 radical (unpaired) electrons. The SMILES string of the molecule is O=C(O)CCN(CCCOCCCN(CCCOCCCN(CCCOCCCN(CCC(=O)O)CCC(=O)O)CCCOCCCN(CCC(=O)O)CCC(=O)O)CCCOCCCN(CCC(=O)O)CCC(=O)O)CCC(=O)O. The number of ether oxygens (including phenoxy) is 5. The highest BCUT2D eigenvalue weighted by Crippen LogP contribution is 2.06. The molecule has 0 aromatic carbocycles. The van der Waals surface area contributed by atoms with Crippen molar-refractivity contribution in [3.8, 4) is 0 Å². The Morgan fingerprint density at radius 1 is 0.185 bits per heavy atom. The number of carbonyl (C=O) groups is 8. The van der Waals surface area contributed by atoms with Gasteiger partial charge in [-0.15, -0.1) is 0 Å². The van der Waals surface area contributed by atoms with Gasteiger partial charge in [0.1, 0.15) is 0 Å². The minimum absolute atomic E-state index is 0.0723. The Morgan fingerprint density at radius 3 is 0.383 bits per heavy atom. The summed E-state index contributed by atoms with van der Waals surface area (Å²) in [6, 6.07) is 0. The molecule has 0 spiro atoms. The Bertz CT molecular complexity index is 1370. The largest absolute Gasteiger partial charge is 0.481 e. The average molecular weight is 1170 g/mol. The second-order valence-corrected chi connectivity index (χ2v) is 19.8. The first kappa shape index (κ1) is 76.3. The van der Waals surface area contributed by atoms with Gasteiger partial charge < -0.3 is 93.9 Å². The number of hydrogen-bond donors (Lipinski definition) is 8. The smallest absolute Gasteiger partial charge is 0.304 e. The van der Waals surface area contributed by atoms with Gasteiger partial charge in [-0.05, 0) is 64.2 Å². The summed E-state index contributed by atoms with van der Waals surface area (Å²) >= 11 is 0.